The van der Waals surface area contributed by atoms with Crippen LogP contribution in [0.5, 0.6) is 0 Å². The van der Waals surface area contributed by atoms with Crippen molar-refractivity contribution in [2.45, 2.75) is 6.92 Å². The Morgan fingerprint density at radius 1 is 1.62 bits per heavy atom. The largest absolute Gasteiger partial charge is 0.377 e. The van der Waals surface area contributed by atoms with Gasteiger partial charge in [0.1, 0.15) is 0 Å². The second-order valence-electron chi connectivity index (χ2n) is 2.24. The Bertz CT molecular complexity index is 217. The number of rotatable bonds is 6. The molecule has 1 N–H and O–H groups in total. The number of hydrogen-bond donors (Lipinski definition) is 1. The SMILES string of the molecule is C=CC(Br)=CC=CCN=CNCC. The van der Waals surface area contributed by atoms with Gasteiger partial charge < -0.3 is 5.32 Å². The summed E-state index contributed by atoms with van der Waals surface area (Å²) < 4.78 is 0.972. The maximum absolute atomic E-state index is 4.09. The fourth-order valence-electron chi connectivity index (χ4n) is 0.558. The molecule has 0 fully saturated rings. The van der Waals surface area contributed by atoms with E-state index in [9.17, 15) is 0 Å². The molecule has 0 rings (SSSR count). The van der Waals surface area contributed by atoms with Gasteiger partial charge in [0.05, 0.1) is 12.9 Å². The summed E-state index contributed by atoms with van der Waals surface area (Å²) in [4.78, 5) is 4.09. The summed E-state index contributed by atoms with van der Waals surface area (Å²) in [6.45, 7) is 7.25. The van der Waals surface area contributed by atoms with Crippen molar-refractivity contribution in [2.24, 2.45) is 4.99 Å². The maximum Gasteiger partial charge on any atom is 0.0827 e. The van der Waals surface area contributed by atoms with Gasteiger partial charge in [-0.25, -0.2) is 0 Å². The van der Waals surface area contributed by atoms with Crippen molar-refractivity contribution in [1.82, 2.24) is 5.32 Å². The first-order valence-corrected chi connectivity index (χ1v) is 4.97. The molecule has 0 saturated carbocycles. The van der Waals surface area contributed by atoms with E-state index >= 15 is 0 Å². The summed E-state index contributed by atoms with van der Waals surface area (Å²) in [5, 5.41) is 2.99. The van der Waals surface area contributed by atoms with Crippen molar-refractivity contribution in [2.75, 3.05) is 13.1 Å². The van der Waals surface area contributed by atoms with Crippen LogP contribution >= 0.6 is 15.9 Å². The lowest BCUT2D eigenvalue weighted by atomic mass is 10.4. The number of hydrogen-bond acceptors (Lipinski definition) is 1. The molecule has 0 heterocycles. The minimum atomic E-state index is 0.695. The first-order chi connectivity index (χ1) is 6.31. The van der Waals surface area contributed by atoms with Crippen LogP contribution in [0.25, 0.3) is 0 Å². The lowest BCUT2D eigenvalue weighted by Gasteiger charge is -1.88. The van der Waals surface area contributed by atoms with Crippen LogP contribution in [0.4, 0.5) is 0 Å². The Kier molecular flexibility index (Phi) is 8.67. The molecule has 13 heavy (non-hydrogen) atoms. The van der Waals surface area contributed by atoms with E-state index in [-0.39, 0.29) is 0 Å². The summed E-state index contributed by atoms with van der Waals surface area (Å²) in [6, 6.07) is 0. The molecule has 0 aromatic carbocycles. The van der Waals surface area contributed by atoms with Crippen molar-refractivity contribution in [1.29, 1.82) is 0 Å². The minimum absolute atomic E-state index is 0.695. The zero-order valence-electron chi connectivity index (χ0n) is 7.83. The van der Waals surface area contributed by atoms with E-state index < -0.39 is 0 Å². The molecule has 0 spiro atoms. The third-order valence-corrected chi connectivity index (χ3v) is 1.77. The van der Waals surface area contributed by atoms with Crippen LogP contribution < -0.4 is 5.32 Å². The highest BCUT2D eigenvalue weighted by Crippen LogP contribution is 2.04. The topological polar surface area (TPSA) is 24.4 Å². The highest BCUT2D eigenvalue weighted by atomic mass is 79.9. The van der Waals surface area contributed by atoms with E-state index in [1.165, 1.54) is 0 Å². The van der Waals surface area contributed by atoms with Crippen molar-refractivity contribution in [3.8, 4) is 0 Å². The molecule has 0 aliphatic heterocycles. The summed E-state index contributed by atoms with van der Waals surface area (Å²) in [6.07, 6.45) is 9.30. The molecule has 0 amide bonds. The van der Waals surface area contributed by atoms with Gasteiger partial charge in [0.15, 0.2) is 0 Å². The van der Waals surface area contributed by atoms with E-state index in [0.717, 1.165) is 11.0 Å². The van der Waals surface area contributed by atoms with Crippen LogP contribution in [0.2, 0.25) is 0 Å². The van der Waals surface area contributed by atoms with Crippen molar-refractivity contribution < 1.29 is 0 Å². The maximum atomic E-state index is 4.09. The molecule has 0 aromatic heterocycles. The average Bonchev–Trinajstić information content (AvgIpc) is 2.16. The lowest BCUT2D eigenvalue weighted by molar-refractivity contribution is 0.979. The normalized spacial score (nSPS) is 12.6. The van der Waals surface area contributed by atoms with Gasteiger partial charge in [-0.1, -0.05) is 40.7 Å². The second-order valence-corrected chi connectivity index (χ2v) is 3.15. The van der Waals surface area contributed by atoms with Crippen LogP contribution in [-0.2, 0) is 0 Å². The Labute approximate surface area is 88.3 Å². The summed E-state index contributed by atoms with van der Waals surface area (Å²) in [5.41, 5.74) is 0. The zero-order valence-corrected chi connectivity index (χ0v) is 9.42. The highest BCUT2D eigenvalue weighted by molar-refractivity contribution is 9.11. The fraction of sp³-hybridized carbons (Fsp3) is 0.300. The van der Waals surface area contributed by atoms with Crippen molar-refractivity contribution in [3.63, 3.8) is 0 Å². The Morgan fingerprint density at radius 3 is 3.00 bits per heavy atom. The van der Waals surface area contributed by atoms with E-state index in [1.807, 2.05) is 25.2 Å². The summed E-state index contributed by atoms with van der Waals surface area (Å²) in [5.74, 6) is 0. The smallest absolute Gasteiger partial charge is 0.0827 e. The summed E-state index contributed by atoms with van der Waals surface area (Å²) in [7, 11) is 0. The Hall–Kier alpha value is -0.830. The van der Waals surface area contributed by atoms with Gasteiger partial charge in [0.2, 0.25) is 0 Å². The minimum Gasteiger partial charge on any atom is -0.377 e. The molecule has 3 heteroatoms. The number of allylic oxidation sites excluding steroid dienone is 4. The quantitative estimate of drug-likeness (QED) is 0.433. The highest BCUT2D eigenvalue weighted by Gasteiger charge is 1.75. The van der Waals surface area contributed by atoms with Gasteiger partial charge >= 0.3 is 0 Å². The molecule has 0 bridgehead atoms. The predicted octanol–water partition coefficient (Wildman–Crippen LogP) is 2.65. The van der Waals surface area contributed by atoms with Crippen LogP contribution in [0.3, 0.4) is 0 Å². The number of aliphatic imine (C=N–C) groups is 1. The number of nitrogens with one attached hydrogen (secondary N) is 1. The standard InChI is InChI=1S/C10H15BrN2/c1-3-10(11)7-5-6-8-13-9-12-4-2/h3,5-7,9H,1,4,8H2,2H3,(H,12,13). The molecule has 2 nitrogen and oxygen atoms in total. The predicted molar refractivity (Wildman–Crippen MR) is 63.4 cm³/mol. The molecule has 0 atom stereocenters. The monoisotopic (exact) mass is 242 g/mol. The molecule has 0 aliphatic rings. The van der Waals surface area contributed by atoms with E-state index in [4.69, 9.17) is 0 Å². The third kappa shape index (κ3) is 9.08. The number of halogens is 1. The Balaban J connectivity index is 3.58. The fourth-order valence-corrected chi connectivity index (χ4v) is 0.711. The van der Waals surface area contributed by atoms with Crippen LogP contribution in [0.1, 0.15) is 6.92 Å². The van der Waals surface area contributed by atoms with Crippen molar-refractivity contribution >= 4 is 22.3 Å². The van der Waals surface area contributed by atoms with E-state index in [1.54, 1.807) is 12.4 Å². The molecule has 0 aromatic rings. The summed E-state index contributed by atoms with van der Waals surface area (Å²) >= 11 is 3.31. The van der Waals surface area contributed by atoms with Gasteiger partial charge in [0, 0.05) is 11.0 Å². The third-order valence-electron chi connectivity index (χ3n) is 1.18. The van der Waals surface area contributed by atoms with Crippen molar-refractivity contribution in [3.05, 3.63) is 35.4 Å². The lowest BCUT2D eigenvalue weighted by Crippen LogP contribution is -2.08. The molecule has 0 unspecified atom stereocenters. The molecule has 72 valence electrons. The van der Waals surface area contributed by atoms with Gasteiger partial charge in [-0.15, -0.1) is 0 Å². The van der Waals surface area contributed by atoms with E-state index in [2.05, 4.69) is 32.8 Å². The van der Waals surface area contributed by atoms with Gasteiger partial charge in [-0.05, 0) is 13.0 Å². The second kappa shape index (κ2) is 9.26. The van der Waals surface area contributed by atoms with Gasteiger partial charge in [-0.3, -0.25) is 4.99 Å². The van der Waals surface area contributed by atoms with Gasteiger partial charge in [-0.2, -0.15) is 0 Å². The van der Waals surface area contributed by atoms with Crippen LogP contribution in [-0.4, -0.2) is 19.4 Å². The molecular weight excluding hydrogens is 228 g/mol. The molecule has 0 aliphatic carbocycles. The van der Waals surface area contributed by atoms with E-state index in [0.29, 0.717) is 6.54 Å². The first-order valence-electron chi connectivity index (χ1n) is 4.17. The zero-order chi connectivity index (χ0) is 9.94. The average molecular weight is 243 g/mol. The Morgan fingerprint density at radius 2 is 2.38 bits per heavy atom. The van der Waals surface area contributed by atoms with Crippen LogP contribution in [0.15, 0.2) is 40.4 Å². The van der Waals surface area contributed by atoms with Gasteiger partial charge in [0.25, 0.3) is 0 Å². The first kappa shape index (κ1) is 12.2. The molecule has 0 radical (unpaired) electrons. The number of nitrogens with zero attached hydrogens (tertiary/aromatic N) is 1. The van der Waals surface area contributed by atoms with Crippen LogP contribution in [0, 0.1) is 0 Å². The molecular formula is C10H15BrN2. The molecule has 0 saturated heterocycles.